The quantitative estimate of drug-likeness (QED) is 0.673. The van der Waals surface area contributed by atoms with E-state index in [1.807, 2.05) is 41.8 Å². The third-order valence-corrected chi connectivity index (χ3v) is 3.17. The van der Waals surface area contributed by atoms with Gasteiger partial charge in [-0.05, 0) is 30.7 Å². The summed E-state index contributed by atoms with van der Waals surface area (Å²) in [5.41, 5.74) is 2.49. The van der Waals surface area contributed by atoms with Gasteiger partial charge in [-0.2, -0.15) is 0 Å². The maximum absolute atomic E-state index is 11.1. The first-order valence-corrected chi connectivity index (χ1v) is 6.23. The Morgan fingerprint density at radius 1 is 1.32 bits per heavy atom. The van der Waals surface area contributed by atoms with Crippen LogP contribution in [0, 0.1) is 6.92 Å². The number of nitrogens with zero attached hydrogens (tertiary/aromatic N) is 2. The topological polar surface area (TPSA) is 47.5 Å². The maximum atomic E-state index is 11.1. The van der Waals surface area contributed by atoms with E-state index in [1.165, 1.54) is 0 Å². The van der Waals surface area contributed by atoms with E-state index in [-0.39, 0.29) is 0 Å². The molecule has 0 aliphatic carbocycles. The fraction of sp³-hybridized carbons (Fsp3) is 0.200. The predicted molar refractivity (Wildman–Crippen MR) is 71.4 cm³/mol. The van der Waals surface area contributed by atoms with E-state index in [4.69, 9.17) is 4.42 Å². The summed E-state index contributed by atoms with van der Waals surface area (Å²) in [5, 5.41) is 0. The smallest absolute Gasteiger partial charge is 0.170 e. The molecule has 4 heteroatoms. The van der Waals surface area contributed by atoms with Gasteiger partial charge in [-0.25, -0.2) is 4.98 Å². The molecular formula is C15H14N2O2. The van der Waals surface area contributed by atoms with Crippen LogP contribution in [0.25, 0.3) is 5.52 Å². The molecule has 0 saturated carbocycles. The first-order valence-electron chi connectivity index (χ1n) is 6.23. The van der Waals surface area contributed by atoms with Gasteiger partial charge < -0.3 is 8.82 Å². The first kappa shape index (κ1) is 11.7. The summed E-state index contributed by atoms with van der Waals surface area (Å²) in [5.74, 6) is 1.81. The van der Waals surface area contributed by atoms with Crippen molar-refractivity contribution in [2.24, 2.45) is 0 Å². The highest BCUT2D eigenvalue weighted by atomic mass is 16.3. The van der Waals surface area contributed by atoms with Gasteiger partial charge in [0.1, 0.15) is 17.3 Å². The summed E-state index contributed by atoms with van der Waals surface area (Å²) >= 11 is 0. The second-order valence-electron chi connectivity index (χ2n) is 4.57. The molecule has 0 fully saturated rings. The number of furan rings is 1. The highest BCUT2D eigenvalue weighted by molar-refractivity contribution is 5.83. The number of aryl methyl sites for hydroxylation is 3. The zero-order valence-electron chi connectivity index (χ0n) is 10.7. The van der Waals surface area contributed by atoms with Crippen molar-refractivity contribution in [1.29, 1.82) is 0 Å². The Morgan fingerprint density at radius 3 is 2.95 bits per heavy atom. The van der Waals surface area contributed by atoms with Gasteiger partial charge in [0, 0.05) is 19.0 Å². The number of hydrogen-bond donors (Lipinski definition) is 0. The van der Waals surface area contributed by atoms with Crippen molar-refractivity contribution in [3.05, 3.63) is 59.6 Å². The van der Waals surface area contributed by atoms with Gasteiger partial charge in [-0.15, -0.1) is 0 Å². The summed E-state index contributed by atoms with van der Waals surface area (Å²) in [7, 11) is 0. The van der Waals surface area contributed by atoms with Crippen LogP contribution in [-0.4, -0.2) is 15.7 Å². The number of aromatic nitrogens is 2. The van der Waals surface area contributed by atoms with Crippen LogP contribution in [-0.2, 0) is 12.8 Å². The second-order valence-corrected chi connectivity index (χ2v) is 4.57. The number of carbonyl (C=O) groups is 1. The fourth-order valence-corrected chi connectivity index (χ4v) is 2.23. The molecule has 0 spiro atoms. The van der Waals surface area contributed by atoms with Crippen molar-refractivity contribution in [3.8, 4) is 0 Å². The first-order chi connectivity index (χ1) is 9.28. The molecule has 0 aliphatic heterocycles. The van der Waals surface area contributed by atoms with E-state index < -0.39 is 0 Å². The van der Waals surface area contributed by atoms with Crippen LogP contribution >= 0.6 is 0 Å². The third kappa shape index (κ3) is 2.17. The van der Waals surface area contributed by atoms with Crippen molar-refractivity contribution in [1.82, 2.24) is 9.38 Å². The molecule has 3 aromatic rings. The van der Waals surface area contributed by atoms with E-state index in [1.54, 1.807) is 6.26 Å². The Balaban J connectivity index is 1.98. The molecule has 0 N–H and O–H groups in total. The van der Waals surface area contributed by atoms with E-state index in [2.05, 4.69) is 4.98 Å². The zero-order chi connectivity index (χ0) is 13.2. The molecule has 0 amide bonds. The minimum atomic E-state index is 0.495. The van der Waals surface area contributed by atoms with Crippen LogP contribution in [0.4, 0.5) is 0 Å². The van der Waals surface area contributed by atoms with Gasteiger partial charge in [-0.1, -0.05) is 6.07 Å². The lowest BCUT2D eigenvalue weighted by atomic mass is 10.2. The average Bonchev–Trinajstić information content (AvgIpc) is 3.03. The molecule has 4 nitrogen and oxygen atoms in total. The minimum Gasteiger partial charge on any atom is -0.469 e. The van der Waals surface area contributed by atoms with E-state index >= 15 is 0 Å². The van der Waals surface area contributed by atoms with E-state index in [9.17, 15) is 4.79 Å². The van der Waals surface area contributed by atoms with Crippen molar-refractivity contribution in [2.45, 2.75) is 19.8 Å². The SMILES string of the molecule is Cc1ccc2c(C=O)nc(CCc3ccco3)n2c1. The van der Waals surface area contributed by atoms with Crippen molar-refractivity contribution in [2.75, 3.05) is 0 Å². The molecule has 0 saturated heterocycles. The molecule has 3 heterocycles. The molecular weight excluding hydrogens is 240 g/mol. The molecule has 96 valence electrons. The van der Waals surface area contributed by atoms with Crippen LogP contribution in [0.1, 0.15) is 27.6 Å². The molecule has 0 aliphatic rings. The second kappa shape index (κ2) is 4.72. The van der Waals surface area contributed by atoms with Crippen LogP contribution in [0.5, 0.6) is 0 Å². The molecule has 0 unspecified atom stereocenters. The number of hydrogen-bond acceptors (Lipinski definition) is 3. The normalized spacial score (nSPS) is 11.0. The summed E-state index contributed by atoms with van der Waals surface area (Å²) in [6.45, 7) is 2.02. The van der Waals surface area contributed by atoms with Crippen LogP contribution in [0.15, 0.2) is 41.1 Å². The van der Waals surface area contributed by atoms with Crippen LogP contribution < -0.4 is 0 Å². The van der Waals surface area contributed by atoms with Crippen LogP contribution in [0.3, 0.4) is 0 Å². The Bertz CT molecular complexity index is 711. The number of imidazole rings is 1. The summed E-state index contributed by atoms with van der Waals surface area (Å²) < 4.78 is 7.31. The Morgan fingerprint density at radius 2 is 2.21 bits per heavy atom. The van der Waals surface area contributed by atoms with Gasteiger partial charge in [0.05, 0.1) is 11.8 Å². The highest BCUT2D eigenvalue weighted by Crippen LogP contribution is 2.15. The summed E-state index contributed by atoms with van der Waals surface area (Å²) in [6, 6.07) is 7.74. The van der Waals surface area contributed by atoms with E-state index in [0.717, 1.165) is 41.8 Å². The number of fused-ring (bicyclic) bond motifs is 1. The van der Waals surface area contributed by atoms with Gasteiger partial charge in [-0.3, -0.25) is 4.79 Å². The Kier molecular flexibility index (Phi) is 2.91. The number of rotatable bonds is 4. The fourth-order valence-electron chi connectivity index (χ4n) is 2.23. The highest BCUT2D eigenvalue weighted by Gasteiger charge is 2.10. The minimum absolute atomic E-state index is 0.495. The molecule has 0 radical (unpaired) electrons. The third-order valence-electron chi connectivity index (χ3n) is 3.17. The van der Waals surface area contributed by atoms with Crippen molar-refractivity contribution < 1.29 is 9.21 Å². The van der Waals surface area contributed by atoms with Gasteiger partial charge in [0.2, 0.25) is 0 Å². The molecule has 19 heavy (non-hydrogen) atoms. The van der Waals surface area contributed by atoms with Crippen molar-refractivity contribution in [3.63, 3.8) is 0 Å². The average molecular weight is 254 g/mol. The van der Waals surface area contributed by atoms with Gasteiger partial charge in [0.15, 0.2) is 6.29 Å². The lowest BCUT2D eigenvalue weighted by molar-refractivity contribution is 0.112. The lowest BCUT2D eigenvalue weighted by Crippen LogP contribution is -1.97. The summed E-state index contributed by atoms with van der Waals surface area (Å²) in [6.07, 6.45) is 6.00. The van der Waals surface area contributed by atoms with Crippen LogP contribution in [0.2, 0.25) is 0 Å². The largest absolute Gasteiger partial charge is 0.469 e. The number of pyridine rings is 1. The number of aldehydes is 1. The molecule has 3 rings (SSSR count). The monoisotopic (exact) mass is 254 g/mol. The standard InChI is InChI=1S/C15H14N2O2/c1-11-4-6-14-13(10-18)16-15(17(14)9-11)7-5-12-3-2-8-19-12/h2-4,6,8-10H,5,7H2,1H3. The van der Waals surface area contributed by atoms with Crippen molar-refractivity contribution >= 4 is 11.8 Å². The predicted octanol–water partition coefficient (Wildman–Crippen LogP) is 2.83. The summed E-state index contributed by atoms with van der Waals surface area (Å²) in [4.78, 5) is 15.5. The molecule has 0 aromatic carbocycles. The maximum Gasteiger partial charge on any atom is 0.170 e. The van der Waals surface area contributed by atoms with Gasteiger partial charge in [0.25, 0.3) is 0 Å². The lowest BCUT2D eigenvalue weighted by Gasteiger charge is -2.01. The molecule has 0 atom stereocenters. The number of carbonyl (C=O) groups excluding carboxylic acids is 1. The molecule has 3 aromatic heterocycles. The molecule has 0 bridgehead atoms. The Hall–Kier alpha value is -2.36. The zero-order valence-corrected chi connectivity index (χ0v) is 10.7. The van der Waals surface area contributed by atoms with Gasteiger partial charge >= 0.3 is 0 Å². The Labute approximate surface area is 110 Å². The van der Waals surface area contributed by atoms with E-state index in [0.29, 0.717) is 5.69 Å².